The van der Waals surface area contributed by atoms with Gasteiger partial charge in [0.05, 0.1) is 13.2 Å². The van der Waals surface area contributed by atoms with Crippen molar-refractivity contribution < 1.29 is 9.53 Å². The molecule has 1 fully saturated rings. The number of benzene rings is 1. The third-order valence-electron chi connectivity index (χ3n) is 3.16. The van der Waals surface area contributed by atoms with Crippen LogP contribution in [0.3, 0.4) is 0 Å². The summed E-state index contributed by atoms with van der Waals surface area (Å²) in [5.74, 6) is 0. The van der Waals surface area contributed by atoms with E-state index in [4.69, 9.17) is 4.74 Å². The van der Waals surface area contributed by atoms with E-state index in [2.05, 4.69) is 4.90 Å². The number of morpholine rings is 1. The number of hydrogen-bond donors (Lipinski definition) is 0. The SMILES string of the molecule is O=Cc1ccc(CCCN2CCOCC2)cc1. The normalized spacial score (nSPS) is 16.9. The van der Waals surface area contributed by atoms with E-state index < -0.39 is 0 Å². The molecule has 1 heterocycles. The topological polar surface area (TPSA) is 29.5 Å². The summed E-state index contributed by atoms with van der Waals surface area (Å²) < 4.78 is 5.32. The van der Waals surface area contributed by atoms with Gasteiger partial charge in [0.1, 0.15) is 6.29 Å². The summed E-state index contributed by atoms with van der Waals surface area (Å²) in [6, 6.07) is 7.86. The predicted molar refractivity (Wildman–Crippen MR) is 67.4 cm³/mol. The fraction of sp³-hybridized carbons (Fsp3) is 0.500. The monoisotopic (exact) mass is 233 g/mol. The molecule has 1 aromatic carbocycles. The molecule has 0 spiro atoms. The molecule has 92 valence electrons. The lowest BCUT2D eigenvalue weighted by atomic mass is 10.1. The molecule has 1 saturated heterocycles. The molecule has 0 N–H and O–H groups in total. The van der Waals surface area contributed by atoms with Crippen LogP contribution in [0.15, 0.2) is 24.3 Å². The molecular weight excluding hydrogens is 214 g/mol. The molecule has 17 heavy (non-hydrogen) atoms. The number of aldehydes is 1. The summed E-state index contributed by atoms with van der Waals surface area (Å²) in [5.41, 5.74) is 2.06. The van der Waals surface area contributed by atoms with Crippen LogP contribution in [0.2, 0.25) is 0 Å². The van der Waals surface area contributed by atoms with Crippen LogP contribution < -0.4 is 0 Å². The predicted octanol–water partition coefficient (Wildman–Crippen LogP) is 1.76. The summed E-state index contributed by atoms with van der Waals surface area (Å²) in [4.78, 5) is 13.0. The Morgan fingerprint density at radius 3 is 2.53 bits per heavy atom. The third kappa shape index (κ3) is 3.95. The molecule has 0 radical (unpaired) electrons. The van der Waals surface area contributed by atoms with Crippen molar-refractivity contribution in [3.8, 4) is 0 Å². The Labute approximate surface area is 102 Å². The molecule has 0 unspecified atom stereocenters. The van der Waals surface area contributed by atoms with E-state index in [1.807, 2.05) is 24.3 Å². The molecule has 0 aromatic heterocycles. The van der Waals surface area contributed by atoms with Gasteiger partial charge in [-0.15, -0.1) is 0 Å². The van der Waals surface area contributed by atoms with Crippen LogP contribution >= 0.6 is 0 Å². The van der Waals surface area contributed by atoms with Crippen molar-refractivity contribution in [2.24, 2.45) is 0 Å². The first kappa shape index (κ1) is 12.3. The second kappa shape index (κ2) is 6.52. The van der Waals surface area contributed by atoms with Crippen molar-refractivity contribution in [2.45, 2.75) is 12.8 Å². The summed E-state index contributed by atoms with van der Waals surface area (Å²) in [6.45, 7) is 5.00. The molecule has 0 amide bonds. The van der Waals surface area contributed by atoms with Crippen molar-refractivity contribution in [3.63, 3.8) is 0 Å². The second-order valence-electron chi connectivity index (χ2n) is 4.42. The Balaban J connectivity index is 1.71. The largest absolute Gasteiger partial charge is 0.379 e. The van der Waals surface area contributed by atoms with Crippen LogP contribution in [0, 0.1) is 0 Å². The fourth-order valence-electron chi connectivity index (χ4n) is 2.09. The zero-order valence-corrected chi connectivity index (χ0v) is 10.1. The van der Waals surface area contributed by atoms with E-state index in [0.29, 0.717) is 0 Å². The number of carbonyl (C=O) groups excluding carboxylic acids is 1. The highest BCUT2D eigenvalue weighted by molar-refractivity contribution is 5.74. The second-order valence-corrected chi connectivity index (χ2v) is 4.42. The van der Waals surface area contributed by atoms with Gasteiger partial charge in [0.15, 0.2) is 0 Å². The first-order valence-corrected chi connectivity index (χ1v) is 6.23. The van der Waals surface area contributed by atoms with Crippen LogP contribution in [0.4, 0.5) is 0 Å². The van der Waals surface area contributed by atoms with Crippen molar-refractivity contribution in [3.05, 3.63) is 35.4 Å². The highest BCUT2D eigenvalue weighted by Gasteiger charge is 2.09. The van der Waals surface area contributed by atoms with Gasteiger partial charge in [-0.25, -0.2) is 0 Å². The number of nitrogens with zero attached hydrogens (tertiary/aromatic N) is 1. The maximum absolute atomic E-state index is 10.5. The standard InChI is InChI=1S/C14H19NO2/c16-12-14-5-3-13(4-6-14)2-1-7-15-8-10-17-11-9-15/h3-6,12H,1-2,7-11H2. The summed E-state index contributed by atoms with van der Waals surface area (Å²) in [6.07, 6.45) is 3.13. The highest BCUT2D eigenvalue weighted by atomic mass is 16.5. The molecule has 3 nitrogen and oxygen atoms in total. The highest BCUT2D eigenvalue weighted by Crippen LogP contribution is 2.07. The van der Waals surface area contributed by atoms with Crippen molar-refractivity contribution in [1.29, 1.82) is 0 Å². The lowest BCUT2D eigenvalue weighted by Gasteiger charge is -2.26. The van der Waals surface area contributed by atoms with Crippen molar-refractivity contribution in [1.82, 2.24) is 4.90 Å². The molecule has 1 aromatic rings. The van der Waals surface area contributed by atoms with E-state index in [0.717, 1.165) is 51.1 Å². The van der Waals surface area contributed by atoms with Gasteiger partial charge in [0, 0.05) is 18.7 Å². The minimum absolute atomic E-state index is 0.752. The van der Waals surface area contributed by atoms with Crippen LogP contribution in [-0.4, -0.2) is 44.0 Å². The van der Waals surface area contributed by atoms with E-state index in [9.17, 15) is 4.79 Å². The van der Waals surface area contributed by atoms with Gasteiger partial charge in [0.25, 0.3) is 0 Å². The zero-order chi connectivity index (χ0) is 11.9. The minimum Gasteiger partial charge on any atom is -0.379 e. The Bertz CT molecular complexity index is 342. The fourth-order valence-corrected chi connectivity index (χ4v) is 2.09. The average molecular weight is 233 g/mol. The van der Waals surface area contributed by atoms with Crippen molar-refractivity contribution >= 4 is 6.29 Å². The zero-order valence-electron chi connectivity index (χ0n) is 10.1. The Morgan fingerprint density at radius 1 is 1.18 bits per heavy atom. The number of ether oxygens (including phenoxy) is 1. The molecule has 0 bridgehead atoms. The van der Waals surface area contributed by atoms with Crippen LogP contribution in [0.5, 0.6) is 0 Å². The van der Waals surface area contributed by atoms with E-state index in [-0.39, 0.29) is 0 Å². The first-order chi connectivity index (χ1) is 8.38. The van der Waals surface area contributed by atoms with E-state index >= 15 is 0 Å². The molecular formula is C14H19NO2. The van der Waals surface area contributed by atoms with Gasteiger partial charge in [-0.3, -0.25) is 9.69 Å². The van der Waals surface area contributed by atoms with Gasteiger partial charge in [-0.1, -0.05) is 24.3 Å². The summed E-state index contributed by atoms with van der Waals surface area (Å²) in [5, 5.41) is 0. The van der Waals surface area contributed by atoms with Gasteiger partial charge >= 0.3 is 0 Å². The Kier molecular flexibility index (Phi) is 4.71. The minimum atomic E-state index is 0.752. The van der Waals surface area contributed by atoms with Crippen LogP contribution in [-0.2, 0) is 11.2 Å². The maximum atomic E-state index is 10.5. The Morgan fingerprint density at radius 2 is 1.88 bits per heavy atom. The average Bonchev–Trinajstić information content (AvgIpc) is 2.41. The molecule has 2 rings (SSSR count). The quantitative estimate of drug-likeness (QED) is 0.726. The molecule has 0 atom stereocenters. The molecule has 0 saturated carbocycles. The van der Waals surface area contributed by atoms with E-state index in [1.165, 1.54) is 12.0 Å². The number of rotatable bonds is 5. The molecule has 3 heteroatoms. The van der Waals surface area contributed by atoms with Gasteiger partial charge in [-0.05, 0) is 24.9 Å². The Hall–Kier alpha value is -1.19. The summed E-state index contributed by atoms with van der Waals surface area (Å²) in [7, 11) is 0. The van der Waals surface area contributed by atoms with Gasteiger partial charge in [0.2, 0.25) is 0 Å². The van der Waals surface area contributed by atoms with Gasteiger partial charge < -0.3 is 4.74 Å². The number of hydrogen-bond acceptors (Lipinski definition) is 3. The van der Waals surface area contributed by atoms with E-state index in [1.54, 1.807) is 0 Å². The lowest BCUT2D eigenvalue weighted by Crippen LogP contribution is -2.36. The van der Waals surface area contributed by atoms with Crippen LogP contribution in [0.25, 0.3) is 0 Å². The number of carbonyl (C=O) groups is 1. The van der Waals surface area contributed by atoms with Gasteiger partial charge in [-0.2, -0.15) is 0 Å². The van der Waals surface area contributed by atoms with Crippen LogP contribution in [0.1, 0.15) is 22.3 Å². The molecule has 1 aliphatic heterocycles. The summed E-state index contributed by atoms with van der Waals surface area (Å²) >= 11 is 0. The molecule has 0 aliphatic carbocycles. The lowest BCUT2D eigenvalue weighted by molar-refractivity contribution is 0.0375. The molecule has 1 aliphatic rings. The third-order valence-corrected chi connectivity index (χ3v) is 3.16. The maximum Gasteiger partial charge on any atom is 0.150 e. The number of aryl methyl sites for hydroxylation is 1. The smallest absolute Gasteiger partial charge is 0.150 e. The van der Waals surface area contributed by atoms with Crippen molar-refractivity contribution in [2.75, 3.05) is 32.8 Å². The first-order valence-electron chi connectivity index (χ1n) is 6.23.